The van der Waals surface area contributed by atoms with Gasteiger partial charge >= 0.3 is 0 Å². The zero-order valence-electron chi connectivity index (χ0n) is 16.1. The summed E-state index contributed by atoms with van der Waals surface area (Å²) < 4.78 is 0. The number of aromatic amines is 1. The first-order valence-electron chi connectivity index (χ1n) is 9.70. The van der Waals surface area contributed by atoms with Crippen molar-refractivity contribution in [3.8, 4) is 0 Å². The molecule has 5 rings (SSSR count). The van der Waals surface area contributed by atoms with Gasteiger partial charge in [-0.1, -0.05) is 36.4 Å². The summed E-state index contributed by atoms with van der Waals surface area (Å²) in [5, 5.41) is 5.99. The Balaban J connectivity index is 1.45. The third-order valence-corrected chi connectivity index (χ3v) is 6.70. The van der Waals surface area contributed by atoms with Gasteiger partial charge in [-0.3, -0.25) is 9.69 Å². The summed E-state index contributed by atoms with van der Waals surface area (Å²) in [5.74, 6) is 0.0146. The van der Waals surface area contributed by atoms with Crippen molar-refractivity contribution in [3.63, 3.8) is 0 Å². The van der Waals surface area contributed by atoms with E-state index in [0.29, 0.717) is 11.4 Å². The van der Waals surface area contributed by atoms with E-state index in [0.717, 1.165) is 28.4 Å². The fraction of sp³-hybridized carbons (Fsp3) is 0.0833. The first-order valence-corrected chi connectivity index (χ1v) is 11.5. The Kier molecular flexibility index (Phi) is 5.26. The van der Waals surface area contributed by atoms with E-state index in [1.54, 1.807) is 16.2 Å². The molecule has 1 fully saturated rings. The van der Waals surface area contributed by atoms with Crippen LogP contribution in [0.1, 0.15) is 11.1 Å². The number of aromatic nitrogens is 1. The van der Waals surface area contributed by atoms with Crippen molar-refractivity contribution in [2.75, 3.05) is 6.54 Å². The quantitative estimate of drug-likeness (QED) is 0.391. The lowest BCUT2D eigenvalue weighted by Gasteiger charge is -2.15. The Hall–Kier alpha value is -3.09. The lowest BCUT2D eigenvalue weighted by molar-refractivity contribution is -0.122. The smallest absolute Gasteiger partial charge is 0.266 e. The van der Waals surface area contributed by atoms with E-state index in [-0.39, 0.29) is 5.91 Å². The highest BCUT2D eigenvalue weighted by Crippen LogP contribution is 2.34. The molecule has 0 bridgehead atoms. The predicted molar refractivity (Wildman–Crippen MR) is 127 cm³/mol. The number of aliphatic imine (C=N–C) groups is 1. The minimum Gasteiger partial charge on any atom is -0.361 e. The Morgan fingerprint density at radius 2 is 1.87 bits per heavy atom. The van der Waals surface area contributed by atoms with Crippen LogP contribution in [0.5, 0.6) is 0 Å². The van der Waals surface area contributed by atoms with Crippen molar-refractivity contribution in [2.45, 2.75) is 6.42 Å². The van der Waals surface area contributed by atoms with Gasteiger partial charge < -0.3 is 4.98 Å². The van der Waals surface area contributed by atoms with Crippen molar-refractivity contribution in [1.82, 2.24) is 9.88 Å². The number of thioether (sulfide) groups is 1. The first kappa shape index (κ1) is 18.9. The largest absolute Gasteiger partial charge is 0.361 e. The van der Waals surface area contributed by atoms with Crippen LogP contribution in [0.25, 0.3) is 17.0 Å². The molecule has 1 N–H and O–H groups in total. The van der Waals surface area contributed by atoms with E-state index in [2.05, 4.69) is 17.1 Å². The number of nitrogens with zero attached hydrogens (tertiary/aromatic N) is 2. The number of thiophene rings is 1. The van der Waals surface area contributed by atoms with Crippen LogP contribution in [0, 0.1) is 0 Å². The van der Waals surface area contributed by atoms with Crippen LogP contribution in [-0.4, -0.2) is 27.5 Å². The van der Waals surface area contributed by atoms with Crippen molar-refractivity contribution in [3.05, 3.63) is 93.7 Å². The molecule has 148 valence electrons. The number of amides is 1. The van der Waals surface area contributed by atoms with Crippen LogP contribution in [0.4, 0.5) is 5.69 Å². The molecular weight excluding hydrogens is 410 g/mol. The molecule has 1 aliphatic heterocycles. The Morgan fingerprint density at radius 1 is 1.03 bits per heavy atom. The van der Waals surface area contributed by atoms with Crippen molar-refractivity contribution in [1.29, 1.82) is 0 Å². The second-order valence-corrected chi connectivity index (χ2v) is 8.75. The number of para-hydroxylation sites is 2. The SMILES string of the molecule is O=C1C(=Cc2ccsc2)SC(=Nc2ccccc2)N1CCc1c[nH]c2ccccc12. The maximum atomic E-state index is 13.2. The molecule has 1 saturated heterocycles. The average Bonchev–Trinajstić information content (AvgIpc) is 3.49. The van der Waals surface area contributed by atoms with E-state index >= 15 is 0 Å². The molecule has 0 unspecified atom stereocenters. The highest BCUT2D eigenvalue weighted by molar-refractivity contribution is 8.18. The monoisotopic (exact) mass is 429 g/mol. The van der Waals surface area contributed by atoms with E-state index in [1.165, 1.54) is 22.7 Å². The van der Waals surface area contributed by atoms with Gasteiger partial charge in [0.2, 0.25) is 0 Å². The van der Waals surface area contributed by atoms with Crippen LogP contribution >= 0.6 is 23.1 Å². The molecule has 1 amide bonds. The topological polar surface area (TPSA) is 48.5 Å². The fourth-order valence-corrected chi connectivity index (χ4v) is 5.12. The molecule has 0 atom stereocenters. The molecule has 1 aliphatic rings. The molecule has 0 spiro atoms. The second kappa shape index (κ2) is 8.34. The molecule has 0 radical (unpaired) electrons. The van der Waals surface area contributed by atoms with Gasteiger partial charge in [-0.2, -0.15) is 11.3 Å². The zero-order valence-corrected chi connectivity index (χ0v) is 17.7. The lowest BCUT2D eigenvalue weighted by Crippen LogP contribution is -2.31. The molecule has 2 aromatic carbocycles. The number of amidine groups is 1. The van der Waals surface area contributed by atoms with Gasteiger partial charge in [0.15, 0.2) is 5.17 Å². The zero-order chi connectivity index (χ0) is 20.3. The minimum atomic E-state index is 0.0146. The van der Waals surface area contributed by atoms with Crippen LogP contribution in [0.3, 0.4) is 0 Å². The minimum absolute atomic E-state index is 0.0146. The summed E-state index contributed by atoms with van der Waals surface area (Å²) in [6, 6.07) is 20.1. The molecule has 3 heterocycles. The third kappa shape index (κ3) is 3.84. The van der Waals surface area contributed by atoms with E-state index < -0.39 is 0 Å². The highest BCUT2D eigenvalue weighted by Gasteiger charge is 2.33. The van der Waals surface area contributed by atoms with Gasteiger partial charge in [0, 0.05) is 23.6 Å². The number of carbonyl (C=O) groups is 1. The summed E-state index contributed by atoms with van der Waals surface area (Å²) in [4.78, 5) is 23.8. The molecule has 4 nitrogen and oxygen atoms in total. The maximum absolute atomic E-state index is 13.2. The highest BCUT2D eigenvalue weighted by atomic mass is 32.2. The summed E-state index contributed by atoms with van der Waals surface area (Å²) in [5.41, 5.74) is 4.22. The standard InChI is InChI=1S/C24H19N3OS2/c28-23-22(14-17-11-13-29-16-17)30-24(26-19-6-2-1-3-7-19)27(23)12-10-18-15-25-21-9-5-4-8-20(18)21/h1-9,11,13-16,25H,10,12H2. The average molecular weight is 430 g/mol. The van der Waals surface area contributed by atoms with Crippen molar-refractivity contribution < 1.29 is 4.79 Å². The number of benzene rings is 2. The molecule has 2 aromatic heterocycles. The van der Waals surface area contributed by atoms with Crippen LogP contribution in [-0.2, 0) is 11.2 Å². The second-order valence-electron chi connectivity index (χ2n) is 6.96. The lowest BCUT2D eigenvalue weighted by atomic mass is 10.1. The number of rotatable bonds is 5. The number of fused-ring (bicyclic) bond motifs is 1. The van der Waals surface area contributed by atoms with Gasteiger partial charge in [-0.15, -0.1) is 0 Å². The predicted octanol–water partition coefficient (Wildman–Crippen LogP) is 6.08. The Labute approximate surface area is 183 Å². The molecule has 0 saturated carbocycles. The van der Waals surface area contributed by atoms with Gasteiger partial charge in [-0.25, -0.2) is 4.99 Å². The molecule has 30 heavy (non-hydrogen) atoms. The van der Waals surface area contributed by atoms with Gasteiger partial charge in [0.25, 0.3) is 5.91 Å². The van der Waals surface area contributed by atoms with Crippen LogP contribution in [0.15, 0.2) is 87.5 Å². The molecular formula is C24H19N3OS2. The molecule has 0 aliphatic carbocycles. The van der Waals surface area contributed by atoms with Gasteiger partial charge in [0.1, 0.15) is 0 Å². The van der Waals surface area contributed by atoms with Crippen LogP contribution in [0.2, 0.25) is 0 Å². The number of hydrogen-bond donors (Lipinski definition) is 1. The number of H-pyrrole nitrogens is 1. The van der Waals surface area contributed by atoms with Crippen molar-refractivity contribution in [2.24, 2.45) is 4.99 Å². The first-order chi connectivity index (χ1) is 14.8. The summed E-state index contributed by atoms with van der Waals surface area (Å²) in [6.45, 7) is 0.584. The van der Waals surface area contributed by atoms with Gasteiger partial charge in [0.05, 0.1) is 10.6 Å². The summed E-state index contributed by atoms with van der Waals surface area (Å²) in [7, 11) is 0. The van der Waals surface area contributed by atoms with E-state index in [9.17, 15) is 4.79 Å². The normalized spacial score (nSPS) is 16.9. The molecule has 4 aromatic rings. The maximum Gasteiger partial charge on any atom is 0.266 e. The Morgan fingerprint density at radius 3 is 2.70 bits per heavy atom. The van der Waals surface area contributed by atoms with E-state index in [1.807, 2.05) is 71.6 Å². The Bertz CT molecular complexity index is 1240. The summed E-state index contributed by atoms with van der Waals surface area (Å²) >= 11 is 3.07. The van der Waals surface area contributed by atoms with Gasteiger partial charge in [-0.05, 0) is 70.4 Å². The van der Waals surface area contributed by atoms with Crippen LogP contribution < -0.4 is 0 Å². The third-order valence-electron chi connectivity index (χ3n) is 4.99. The summed E-state index contributed by atoms with van der Waals surface area (Å²) in [6.07, 6.45) is 4.75. The number of carbonyl (C=O) groups excluding carboxylic acids is 1. The van der Waals surface area contributed by atoms with Crippen molar-refractivity contribution >= 4 is 56.8 Å². The fourth-order valence-electron chi connectivity index (χ4n) is 3.48. The molecule has 6 heteroatoms. The number of nitrogens with one attached hydrogen (secondary N) is 1. The number of hydrogen-bond acceptors (Lipinski definition) is 4. The van der Waals surface area contributed by atoms with E-state index in [4.69, 9.17) is 4.99 Å².